The van der Waals surface area contributed by atoms with Crippen molar-refractivity contribution in [2.24, 2.45) is 0 Å². The van der Waals surface area contributed by atoms with Crippen molar-refractivity contribution in [3.63, 3.8) is 0 Å². The Hall–Kier alpha value is -1.64. The Morgan fingerprint density at radius 2 is 1.26 bits per heavy atom. The maximum absolute atomic E-state index is 11.5. The predicted molar refractivity (Wildman–Crippen MR) is 96.3 cm³/mol. The minimum atomic E-state index is -0.454. The molecule has 0 aromatic carbocycles. The van der Waals surface area contributed by atoms with Gasteiger partial charge in [-0.05, 0) is 59.8 Å². The minimum Gasteiger partial charge on any atom is -0.469 e. The van der Waals surface area contributed by atoms with Gasteiger partial charge >= 0.3 is 5.97 Å². The van der Waals surface area contributed by atoms with E-state index in [1.54, 1.807) is 0 Å². The zero-order chi connectivity index (χ0) is 17.7. The van der Waals surface area contributed by atoms with Crippen molar-refractivity contribution >= 4 is 11.8 Å². The number of Topliss-reactive ketones (excluding diaryl/α,β-unsaturated/α-hetero) is 1. The van der Waals surface area contributed by atoms with Crippen LogP contribution in [0, 0.1) is 0 Å². The largest absolute Gasteiger partial charge is 0.469 e. The number of methoxy groups -OCH3 is 1. The third-order valence-electron chi connectivity index (χ3n) is 3.61. The highest BCUT2D eigenvalue weighted by Crippen LogP contribution is 2.12. The number of carbonyl (C=O) groups excluding carboxylic acids is 2. The fourth-order valence-electron chi connectivity index (χ4n) is 2.14. The molecular formula is C20H32O3. The van der Waals surface area contributed by atoms with Crippen molar-refractivity contribution < 1.29 is 14.3 Å². The zero-order valence-corrected chi connectivity index (χ0v) is 15.4. The molecule has 3 heteroatoms. The summed E-state index contributed by atoms with van der Waals surface area (Å²) in [4.78, 5) is 22.5. The number of hydrogen-bond acceptors (Lipinski definition) is 3. The summed E-state index contributed by atoms with van der Waals surface area (Å²) in [5.41, 5.74) is 4.10. The monoisotopic (exact) mass is 320 g/mol. The van der Waals surface area contributed by atoms with E-state index in [0.29, 0.717) is 12.8 Å². The Labute approximate surface area is 141 Å². The summed E-state index contributed by atoms with van der Waals surface area (Å²) in [5.74, 6) is -0.514. The van der Waals surface area contributed by atoms with Crippen LogP contribution in [0.25, 0.3) is 0 Å². The summed E-state index contributed by atoms with van der Waals surface area (Å²) in [5, 5.41) is 0. The van der Waals surface area contributed by atoms with Crippen LogP contribution in [0.2, 0.25) is 0 Å². The molecule has 0 atom stereocenters. The first-order valence-electron chi connectivity index (χ1n) is 8.38. The SMILES string of the molecule is COC(=O)CC(=O)CCC=C(C)CCC=C(C)CCC=C(C)C. The lowest BCUT2D eigenvalue weighted by Gasteiger charge is -2.02. The fraction of sp³-hybridized carbons (Fsp3) is 0.600. The number of allylic oxidation sites excluding steroid dienone is 6. The fourth-order valence-corrected chi connectivity index (χ4v) is 2.14. The first-order chi connectivity index (χ1) is 10.8. The molecule has 0 aromatic rings. The van der Waals surface area contributed by atoms with Gasteiger partial charge in [0, 0.05) is 6.42 Å². The lowest BCUT2D eigenvalue weighted by molar-refractivity contribution is -0.143. The molecule has 0 aliphatic carbocycles. The van der Waals surface area contributed by atoms with E-state index in [-0.39, 0.29) is 12.2 Å². The topological polar surface area (TPSA) is 43.4 Å². The van der Waals surface area contributed by atoms with E-state index >= 15 is 0 Å². The highest BCUT2D eigenvalue weighted by atomic mass is 16.5. The van der Waals surface area contributed by atoms with E-state index in [1.165, 1.54) is 23.8 Å². The van der Waals surface area contributed by atoms with Crippen molar-refractivity contribution in [3.8, 4) is 0 Å². The second-order valence-corrected chi connectivity index (χ2v) is 6.29. The highest BCUT2D eigenvalue weighted by molar-refractivity contribution is 5.95. The van der Waals surface area contributed by atoms with Gasteiger partial charge in [-0.3, -0.25) is 9.59 Å². The molecule has 0 rings (SSSR count). The first-order valence-corrected chi connectivity index (χ1v) is 8.38. The maximum Gasteiger partial charge on any atom is 0.313 e. The molecule has 0 heterocycles. The number of esters is 1. The molecule has 0 fully saturated rings. The number of ether oxygens (including phenoxy) is 1. The van der Waals surface area contributed by atoms with Crippen molar-refractivity contribution in [2.75, 3.05) is 7.11 Å². The van der Waals surface area contributed by atoms with Crippen LogP contribution in [0.4, 0.5) is 0 Å². The smallest absolute Gasteiger partial charge is 0.313 e. The molecule has 0 amide bonds. The third kappa shape index (κ3) is 13.7. The Balaban J connectivity index is 3.96. The normalized spacial score (nSPS) is 12.0. The van der Waals surface area contributed by atoms with E-state index in [0.717, 1.165) is 25.7 Å². The van der Waals surface area contributed by atoms with E-state index in [2.05, 4.69) is 50.7 Å². The zero-order valence-electron chi connectivity index (χ0n) is 15.4. The average Bonchev–Trinajstić information content (AvgIpc) is 2.46. The molecular weight excluding hydrogens is 288 g/mol. The number of rotatable bonds is 11. The Kier molecular flexibility index (Phi) is 11.9. The Morgan fingerprint density at radius 3 is 1.74 bits per heavy atom. The minimum absolute atomic E-state index is 0.0593. The van der Waals surface area contributed by atoms with Crippen LogP contribution < -0.4 is 0 Å². The molecule has 0 aliphatic heterocycles. The van der Waals surface area contributed by atoms with Crippen molar-refractivity contribution in [1.82, 2.24) is 0 Å². The molecule has 0 aliphatic rings. The van der Waals surface area contributed by atoms with Gasteiger partial charge < -0.3 is 4.74 Å². The molecule has 130 valence electrons. The molecule has 0 spiro atoms. The number of carbonyl (C=O) groups is 2. The van der Waals surface area contributed by atoms with Gasteiger partial charge in [-0.25, -0.2) is 0 Å². The van der Waals surface area contributed by atoms with E-state index in [1.807, 2.05) is 0 Å². The van der Waals surface area contributed by atoms with Crippen LogP contribution in [0.5, 0.6) is 0 Å². The van der Waals surface area contributed by atoms with Crippen molar-refractivity contribution in [2.45, 2.75) is 72.6 Å². The summed E-state index contributed by atoms with van der Waals surface area (Å²) in [6.07, 6.45) is 12.0. The van der Waals surface area contributed by atoms with Crippen LogP contribution in [-0.4, -0.2) is 18.9 Å². The van der Waals surface area contributed by atoms with Crippen LogP contribution >= 0.6 is 0 Å². The van der Waals surface area contributed by atoms with Gasteiger partial charge in [0.25, 0.3) is 0 Å². The molecule has 0 saturated carbocycles. The number of hydrogen-bond donors (Lipinski definition) is 0. The molecule has 23 heavy (non-hydrogen) atoms. The Morgan fingerprint density at radius 1 is 0.783 bits per heavy atom. The van der Waals surface area contributed by atoms with Gasteiger partial charge in [-0.2, -0.15) is 0 Å². The van der Waals surface area contributed by atoms with Crippen molar-refractivity contribution in [1.29, 1.82) is 0 Å². The second-order valence-electron chi connectivity index (χ2n) is 6.29. The van der Waals surface area contributed by atoms with Gasteiger partial charge in [-0.15, -0.1) is 0 Å². The molecule has 0 saturated heterocycles. The summed E-state index contributed by atoms with van der Waals surface area (Å²) in [7, 11) is 1.30. The van der Waals surface area contributed by atoms with E-state index in [4.69, 9.17) is 0 Å². The molecule has 0 N–H and O–H groups in total. The van der Waals surface area contributed by atoms with E-state index in [9.17, 15) is 9.59 Å². The quantitative estimate of drug-likeness (QED) is 0.294. The molecule has 0 unspecified atom stereocenters. The summed E-state index contributed by atoms with van der Waals surface area (Å²) >= 11 is 0. The third-order valence-corrected chi connectivity index (χ3v) is 3.61. The summed E-state index contributed by atoms with van der Waals surface area (Å²) in [6.45, 7) is 8.53. The Bertz CT molecular complexity index is 463. The van der Waals surface area contributed by atoms with Gasteiger partial charge in [-0.1, -0.05) is 34.9 Å². The summed E-state index contributed by atoms with van der Waals surface area (Å²) < 4.78 is 4.48. The summed E-state index contributed by atoms with van der Waals surface area (Å²) in [6, 6.07) is 0. The lowest BCUT2D eigenvalue weighted by Crippen LogP contribution is -2.08. The van der Waals surface area contributed by atoms with Gasteiger partial charge in [0.2, 0.25) is 0 Å². The second kappa shape index (κ2) is 12.9. The molecule has 3 nitrogen and oxygen atoms in total. The van der Waals surface area contributed by atoms with Crippen LogP contribution in [0.3, 0.4) is 0 Å². The highest BCUT2D eigenvalue weighted by Gasteiger charge is 2.08. The standard InChI is InChI=1S/C20H32O3/c1-16(2)9-6-10-17(3)11-7-12-18(4)13-8-14-19(21)15-20(22)23-5/h9,11,13H,6-8,10,12,14-15H2,1-5H3. The van der Waals surface area contributed by atoms with Gasteiger partial charge in [0.15, 0.2) is 0 Å². The van der Waals surface area contributed by atoms with Gasteiger partial charge in [0.05, 0.1) is 7.11 Å². The molecule has 0 aromatic heterocycles. The number of ketones is 1. The first kappa shape index (κ1) is 21.4. The van der Waals surface area contributed by atoms with Crippen LogP contribution in [0.15, 0.2) is 34.9 Å². The average molecular weight is 320 g/mol. The van der Waals surface area contributed by atoms with Crippen molar-refractivity contribution in [3.05, 3.63) is 34.9 Å². The van der Waals surface area contributed by atoms with Crippen LogP contribution in [-0.2, 0) is 14.3 Å². The molecule has 0 radical (unpaired) electrons. The van der Waals surface area contributed by atoms with Crippen LogP contribution in [0.1, 0.15) is 72.6 Å². The van der Waals surface area contributed by atoms with Gasteiger partial charge in [0.1, 0.15) is 12.2 Å². The maximum atomic E-state index is 11.5. The predicted octanol–water partition coefficient (Wildman–Crippen LogP) is 5.32. The van der Waals surface area contributed by atoms with E-state index < -0.39 is 5.97 Å². The molecule has 0 bridgehead atoms. The lowest BCUT2D eigenvalue weighted by atomic mass is 10.0.